The Kier molecular flexibility index (Phi) is 19.0. The lowest BCUT2D eigenvalue weighted by Gasteiger charge is -2.12. The predicted octanol–water partition coefficient (Wildman–Crippen LogP) is 6.99. The molecule has 0 aliphatic carbocycles. The van der Waals surface area contributed by atoms with Crippen molar-refractivity contribution in [3.05, 3.63) is 120 Å². The third-order valence-electron chi connectivity index (χ3n) is 7.84. The molecule has 0 amide bonds. The Morgan fingerprint density at radius 2 is 1.40 bits per heavy atom. The SMILES string of the molecule is CC/C=C\C/C=C\C/C=C\C/C=C\C/C=C\CCCC(=O)OC(=O)C(CCC(O)=[OH+])[NH2+]C1OC1c1ccccc1OC(=O)c1ccccc1OC(C)=O. The topological polar surface area (TPSA) is 167 Å². The molecule has 282 valence electrons. The highest BCUT2D eigenvalue weighted by molar-refractivity contribution is 5.95. The summed E-state index contributed by atoms with van der Waals surface area (Å²) in [5.41, 5.74) is 0.588. The van der Waals surface area contributed by atoms with Crippen LogP contribution >= 0.6 is 0 Å². The number of allylic oxidation sites excluding steroid dienone is 10. The number of benzene rings is 2. The normalized spacial score (nSPS) is 16.1. The zero-order valence-electron chi connectivity index (χ0n) is 30.4. The molecule has 1 fully saturated rings. The van der Waals surface area contributed by atoms with Gasteiger partial charge in [-0.05, 0) is 63.1 Å². The molecule has 11 heteroatoms. The number of hydrogen-bond acceptors (Lipinski definition) is 8. The van der Waals surface area contributed by atoms with Gasteiger partial charge in [0.15, 0.2) is 12.1 Å². The molecular weight excluding hydrogens is 678 g/mol. The van der Waals surface area contributed by atoms with E-state index in [1.807, 2.05) is 12.2 Å². The highest BCUT2D eigenvalue weighted by Gasteiger charge is 2.49. The summed E-state index contributed by atoms with van der Waals surface area (Å²) in [5.74, 6) is -3.40. The van der Waals surface area contributed by atoms with E-state index in [0.717, 1.165) is 32.1 Å². The molecule has 1 saturated heterocycles. The number of epoxide rings is 1. The van der Waals surface area contributed by atoms with Crippen LogP contribution < -0.4 is 14.8 Å². The van der Waals surface area contributed by atoms with Crippen molar-refractivity contribution in [2.75, 3.05) is 0 Å². The van der Waals surface area contributed by atoms with E-state index in [1.165, 1.54) is 19.1 Å². The van der Waals surface area contributed by atoms with Crippen molar-refractivity contribution >= 4 is 29.8 Å². The number of unbranched alkanes of at least 4 members (excludes halogenated alkanes) is 1. The van der Waals surface area contributed by atoms with Crippen molar-refractivity contribution in [3.8, 4) is 11.5 Å². The number of aliphatic hydroxyl groups excluding tert-OH is 1. The maximum Gasteiger partial charge on any atom is 0.480 e. The van der Waals surface area contributed by atoms with Crippen molar-refractivity contribution < 1.29 is 53.3 Å². The fraction of sp³-hybridized carbons (Fsp3) is 0.357. The maximum atomic E-state index is 13.0. The summed E-state index contributed by atoms with van der Waals surface area (Å²) in [4.78, 5) is 59.3. The van der Waals surface area contributed by atoms with Crippen LogP contribution in [0, 0.1) is 0 Å². The van der Waals surface area contributed by atoms with Gasteiger partial charge in [0.25, 0.3) is 0 Å². The van der Waals surface area contributed by atoms with Crippen molar-refractivity contribution in [2.45, 2.75) is 96.4 Å². The second-order valence-electron chi connectivity index (χ2n) is 12.2. The van der Waals surface area contributed by atoms with E-state index in [0.29, 0.717) is 18.4 Å². The van der Waals surface area contributed by atoms with E-state index >= 15 is 0 Å². The van der Waals surface area contributed by atoms with Gasteiger partial charge in [-0.15, -0.1) is 0 Å². The predicted molar refractivity (Wildman–Crippen MR) is 201 cm³/mol. The molecule has 0 aromatic heterocycles. The Morgan fingerprint density at radius 3 is 2.02 bits per heavy atom. The number of quaternary nitrogens is 1. The van der Waals surface area contributed by atoms with Gasteiger partial charge in [0, 0.05) is 25.3 Å². The molecule has 3 atom stereocenters. The Balaban J connectivity index is 1.43. The molecule has 1 aliphatic heterocycles. The number of carboxylic acids is 1. The smallest absolute Gasteiger partial charge is 0.426 e. The number of esters is 4. The Hall–Kier alpha value is -5.39. The van der Waals surface area contributed by atoms with Gasteiger partial charge < -0.3 is 34.2 Å². The summed E-state index contributed by atoms with van der Waals surface area (Å²) < 4.78 is 21.7. The van der Waals surface area contributed by atoms with Crippen LogP contribution in [0.1, 0.15) is 100 Å². The molecule has 0 saturated carbocycles. The second-order valence-corrected chi connectivity index (χ2v) is 12.2. The average Bonchev–Trinajstić information content (AvgIpc) is 3.90. The van der Waals surface area contributed by atoms with E-state index in [9.17, 15) is 29.1 Å². The number of para-hydroxylation sites is 2. The van der Waals surface area contributed by atoms with Crippen molar-refractivity contribution in [1.29, 1.82) is 0 Å². The number of carbonyl (C=O) groups excluding carboxylic acids is 4. The quantitative estimate of drug-likeness (QED) is 0.0233. The van der Waals surface area contributed by atoms with E-state index in [-0.39, 0.29) is 36.3 Å². The lowest BCUT2D eigenvalue weighted by atomic mass is 10.1. The number of hydrogen-bond donors (Lipinski definition) is 2. The van der Waals surface area contributed by atoms with Crippen LogP contribution in [0.25, 0.3) is 0 Å². The zero-order valence-corrected chi connectivity index (χ0v) is 30.4. The molecule has 3 rings (SSSR count). The average molecular weight is 730 g/mol. The Labute approximate surface area is 311 Å². The molecular formula is C42H51NO10+2. The first-order chi connectivity index (χ1) is 25.7. The molecule has 2 aromatic rings. The third-order valence-corrected chi connectivity index (χ3v) is 7.84. The van der Waals surface area contributed by atoms with Crippen LogP contribution in [0.15, 0.2) is 109 Å². The lowest BCUT2D eigenvalue weighted by molar-refractivity contribution is -0.706. The number of ether oxygens (including phenoxy) is 4. The van der Waals surface area contributed by atoms with Gasteiger partial charge in [-0.3, -0.25) is 9.59 Å². The number of rotatable bonds is 23. The Morgan fingerprint density at radius 1 is 0.811 bits per heavy atom. The summed E-state index contributed by atoms with van der Waals surface area (Å²) in [7, 11) is 0. The Bertz CT molecular complexity index is 1670. The molecule has 53 heavy (non-hydrogen) atoms. The number of carbonyl (C=O) groups is 4. The first-order valence-corrected chi connectivity index (χ1v) is 18.0. The molecule has 0 radical (unpaired) electrons. The molecule has 1 heterocycles. The highest BCUT2D eigenvalue weighted by atomic mass is 16.6. The molecule has 0 bridgehead atoms. The first kappa shape index (κ1) is 42.0. The minimum atomic E-state index is -0.973. The summed E-state index contributed by atoms with van der Waals surface area (Å²) in [6.45, 7) is 3.35. The minimum absolute atomic E-state index is 0.0232. The van der Waals surface area contributed by atoms with Gasteiger partial charge in [-0.1, -0.05) is 98.0 Å². The van der Waals surface area contributed by atoms with Gasteiger partial charge in [0.1, 0.15) is 23.5 Å². The van der Waals surface area contributed by atoms with Crippen LogP contribution in [-0.4, -0.2) is 52.0 Å². The molecule has 2 aromatic carbocycles. The van der Waals surface area contributed by atoms with Gasteiger partial charge in [-0.25, -0.2) is 9.59 Å². The van der Waals surface area contributed by atoms with Gasteiger partial charge in [0.2, 0.25) is 6.23 Å². The lowest BCUT2D eigenvalue weighted by Crippen LogP contribution is -2.94. The molecule has 0 spiro atoms. The maximum absolute atomic E-state index is 13.0. The van der Waals surface area contributed by atoms with Gasteiger partial charge in [-0.2, -0.15) is 0 Å². The van der Waals surface area contributed by atoms with E-state index in [4.69, 9.17) is 18.9 Å². The largest absolute Gasteiger partial charge is 0.480 e. The monoisotopic (exact) mass is 729 g/mol. The van der Waals surface area contributed by atoms with Crippen LogP contribution in [-0.2, 0) is 23.9 Å². The van der Waals surface area contributed by atoms with Gasteiger partial charge >= 0.3 is 29.8 Å². The summed E-state index contributed by atoms with van der Waals surface area (Å²) in [6.07, 6.45) is 25.6. The summed E-state index contributed by atoms with van der Waals surface area (Å²) in [5, 5.41) is 10.9. The van der Waals surface area contributed by atoms with Crippen molar-refractivity contribution in [3.63, 3.8) is 0 Å². The van der Waals surface area contributed by atoms with Crippen molar-refractivity contribution in [1.82, 2.24) is 0 Å². The van der Waals surface area contributed by atoms with E-state index < -0.39 is 48.2 Å². The minimum Gasteiger partial charge on any atom is -0.426 e. The van der Waals surface area contributed by atoms with Crippen LogP contribution in [0.5, 0.6) is 11.5 Å². The third kappa shape index (κ3) is 16.7. The number of carboxylic acid groups (broad SMARTS) is 1. The van der Waals surface area contributed by atoms with Gasteiger partial charge in [0.05, 0.1) is 0 Å². The van der Waals surface area contributed by atoms with Crippen LogP contribution in [0.2, 0.25) is 0 Å². The summed E-state index contributed by atoms with van der Waals surface area (Å²) >= 11 is 0. The number of aliphatic carboxylic acids is 1. The zero-order chi connectivity index (χ0) is 38.3. The molecule has 11 nitrogen and oxygen atoms in total. The fourth-order valence-corrected chi connectivity index (χ4v) is 5.14. The highest BCUT2D eigenvalue weighted by Crippen LogP contribution is 2.40. The van der Waals surface area contributed by atoms with Crippen LogP contribution in [0.4, 0.5) is 0 Å². The fourth-order valence-electron chi connectivity index (χ4n) is 5.14. The number of nitrogens with two attached hydrogens (primary N) is 1. The molecule has 1 aliphatic rings. The van der Waals surface area contributed by atoms with E-state index in [1.54, 1.807) is 41.7 Å². The molecule has 4 N–H and O–H groups in total. The molecule has 3 unspecified atom stereocenters. The van der Waals surface area contributed by atoms with Crippen LogP contribution in [0.3, 0.4) is 0 Å². The summed E-state index contributed by atoms with van der Waals surface area (Å²) in [6, 6.07) is 11.9. The van der Waals surface area contributed by atoms with Crippen molar-refractivity contribution in [2.24, 2.45) is 0 Å². The van der Waals surface area contributed by atoms with E-state index in [2.05, 4.69) is 55.5 Å². The standard InChI is InChI=1S/C42H49NO10/c1-3-4-5-6-7-8-9-10-11-12-13-14-15-16-17-18-19-28-38(47)52-42(49)34(29-30-37(45)46)43-40-39(53-40)32-24-20-22-26-35(32)51-41(48)33-25-21-23-27-36(33)50-31(2)44/h4-5,7-8,10-11,13-14,16-17,20-27,34,39-40,43H,3,6,9,12,15,18-19,28-30H2,1-2H3,(H,45,46)/p+2/b5-4-,8-7-,11-10-,14-13-,17-16-. The second kappa shape index (κ2) is 24.0. The first-order valence-electron chi connectivity index (χ1n) is 18.0.